The third kappa shape index (κ3) is 3.30. The molecule has 0 unspecified atom stereocenters. The van der Waals surface area contributed by atoms with E-state index in [-0.39, 0.29) is 5.56 Å². The summed E-state index contributed by atoms with van der Waals surface area (Å²) < 4.78 is 10.8. The zero-order valence-electron chi connectivity index (χ0n) is 16.0. The molecule has 146 valence electrons. The van der Waals surface area contributed by atoms with Crippen LogP contribution in [0, 0.1) is 6.92 Å². The number of rotatable bonds is 4. The van der Waals surface area contributed by atoms with Crippen molar-refractivity contribution in [2.24, 2.45) is 0 Å². The molecule has 0 spiro atoms. The second-order valence-electron chi connectivity index (χ2n) is 7.21. The summed E-state index contributed by atoms with van der Waals surface area (Å²) in [6.45, 7) is 3.93. The molecule has 7 heteroatoms. The molecule has 4 aromatic rings. The molecule has 1 aliphatic heterocycles. The Kier molecular flexibility index (Phi) is 4.37. The summed E-state index contributed by atoms with van der Waals surface area (Å²) in [5.74, 6) is 1.85. The van der Waals surface area contributed by atoms with Crippen LogP contribution in [-0.2, 0) is 19.5 Å². The van der Waals surface area contributed by atoms with Crippen molar-refractivity contribution in [3.05, 3.63) is 81.7 Å². The molecule has 0 bridgehead atoms. The van der Waals surface area contributed by atoms with E-state index in [9.17, 15) is 4.79 Å². The quantitative estimate of drug-likeness (QED) is 0.575. The number of nitrogens with one attached hydrogen (secondary N) is 1. The number of hydrogen-bond donors (Lipinski definition) is 1. The molecule has 1 aliphatic rings. The molecule has 29 heavy (non-hydrogen) atoms. The van der Waals surface area contributed by atoms with Gasteiger partial charge in [-0.1, -0.05) is 35.5 Å². The average molecular weight is 388 g/mol. The van der Waals surface area contributed by atoms with Gasteiger partial charge in [0.05, 0.1) is 17.5 Å². The van der Waals surface area contributed by atoms with Gasteiger partial charge in [0.25, 0.3) is 5.56 Å². The monoisotopic (exact) mass is 388 g/mol. The van der Waals surface area contributed by atoms with E-state index in [0.29, 0.717) is 36.7 Å². The van der Waals surface area contributed by atoms with Gasteiger partial charge in [0.2, 0.25) is 0 Å². The van der Waals surface area contributed by atoms with Gasteiger partial charge in [-0.3, -0.25) is 9.69 Å². The van der Waals surface area contributed by atoms with Crippen LogP contribution in [0.1, 0.15) is 22.6 Å². The highest BCUT2D eigenvalue weighted by Gasteiger charge is 2.24. The summed E-state index contributed by atoms with van der Waals surface area (Å²) in [5, 5.41) is 4.26. The molecule has 0 aliphatic carbocycles. The Balaban J connectivity index is 1.42. The van der Waals surface area contributed by atoms with Gasteiger partial charge in [0.15, 0.2) is 11.6 Å². The zero-order chi connectivity index (χ0) is 19.8. The topological polar surface area (TPSA) is 88.2 Å². The Morgan fingerprint density at radius 3 is 2.83 bits per heavy atom. The Labute approximate surface area is 167 Å². The highest BCUT2D eigenvalue weighted by molar-refractivity contribution is 5.63. The normalized spacial score (nSPS) is 14.1. The Morgan fingerprint density at radius 2 is 2.03 bits per heavy atom. The van der Waals surface area contributed by atoms with E-state index in [4.69, 9.17) is 8.94 Å². The van der Waals surface area contributed by atoms with Crippen LogP contribution < -0.4 is 5.56 Å². The molecule has 1 aromatic carbocycles. The van der Waals surface area contributed by atoms with Crippen molar-refractivity contribution in [1.29, 1.82) is 0 Å². The van der Waals surface area contributed by atoms with E-state index >= 15 is 0 Å². The Morgan fingerprint density at radius 1 is 1.17 bits per heavy atom. The van der Waals surface area contributed by atoms with E-state index in [1.165, 1.54) is 0 Å². The average Bonchev–Trinajstić information content (AvgIpc) is 3.40. The molecule has 0 saturated heterocycles. The summed E-state index contributed by atoms with van der Waals surface area (Å²) in [5.41, 5.74) is 4.37. The summed E-state index contributed by atoms with van der Waals surface area (Å²) in [4.78, 5) is 22.4. The van der Waals surface area contributed by atoms with Crippen LogP contribution in [0.2, 0.25) is 0 Å². The summed E-state index contributed by atoms with van der Waals surface area (Å²) in [7, 11) is 0. The van der Waals surface area contributed by atoms with Crippen LogP contribution in [0.5, 0.6) is 0 Å². The third-order valence-electron chi connectivity index (χ3n) is 5.32. The standard InChI is InChI=1S/C22H20N4O3/c1-14-16(20(25-29-14)15-6-3-2-4-7-15)12-26-10-9-18-17(13-26)22(27)24-21(23-18)19-8-5-11-28-19/h2-8,11H,9-10,12-13H2,1H3,(H,23,24,27). The van der Waals surface area contributed by atoms with E-state index in [0.717, 1.165) is 34.8 Å². The first-order valence-electron chi connectivity index (χ1n) is 9.58. The lowest BCUT2D eigenvalue weighted by Gasteiger charge is -2.27. The van der Waals surface area contributed by atoms with Gasteiger partial charge in [-0.2, -0.15) is 0 Å². The predicted molar refractivity (Wildman–Crippen MR) is 107 cm³/mol. The maximum atomic E-state index is 12.7. The van der Waals surface area contributed by atoms with Gasteiger partial charge in [-0.25, -0.2) is 4.98 Å². The molecule has 1 N–H and O–H groups in total. The SMILES string of the molecule is Cc1onc(-c2ccccc2)c1CN1CCc2nc(-c3ccco3)[nH]c(=O)c2C1. The Bertz CT molecular complexity index is 1190. The lowest BCUT2D eigenvalue weighted by molar-refractivity contribution is 0.240. The van der Waals surface area contributed by atoms with Crippen LogP contribution in [0.25, 0.3) is 22.8 Å². The van der Waals surface area contributed by atoms with Crippen LogP contribution in [0.15, 0.2) is 62.5 Å². The molecule has 7 nitrogen and oxygen atoms in total. The molecule has 0 atom stereocenters. The first-order valence-corrected chi connectivity index (χ1v) is 9.58. The van der Waals surface area contributed by atoms with Crippen molar-refractivity contribution >= 4 is 0 Å². The number of aryl methyl sites for hydroxylation is 1. The van der Waals surface area contributed by atoms with Gasteiger partial charge in [-0.15, -0.1) is 0 Å². The van der Waals surface area contributed by atoms with Crippen LogP contribution in [0.3, 0.4) is 0 Å². The van der Waals surface area contributed by atoms with Gasteiger partial charge in [0, 0.05) is 37.2 Å². The maximum Gasteiger partial charge on any atom is 0.256 e. The zero-order valence-corrected chi connectivity index (χ0v) is 16.0. The smallest absolute Gasteiger partial charge is 0.256 e. The fraction of sp³-hybridized carbons (Fsp3) is 0.227. The first-order chi connectivity index (χ1) is 14.2. The van der Waals surface area contributed by atoms with Gasteiger partial charge in [-0.05, 0) is 19.1 Å². The van der Waals surface area contributed by atoms with Gasteiger partial charge >= 0.3 is 0 Å². The fourth-order valence-corrected chi connectivity index (χ4v) is 3.77. The number of aromatic nitrogens is 3. The molecule has 5 rings (SSSR count). The molecule has 0 fully saturated rings. The van der Waals surface area contributed by atoms with Crippen molar-refractivity contribution in [2.75, 3.05) is 6.54 Å². The largest absolute Gasteiger partial charge is 0.461 e. The van der Waals surface area contributed by atoms with Crippen LogP contribution in [-0.4, -0.2) is 26.6 Å². The van der Waals surface area contributed by atoms with Crippen molar-refractivity contribution in [2.45, 2.75) is 26.4 Å². The number of benzene rings is 1. The van der Waals surface area contributed by atoms with Crippen molar-refractivity contribution in [3.8, 4) is 22.8 Å². The van der Waals surface area contributed by atoms with E-state index in [1.807, 2.05) is 37.3 Å². The molecule has 0 amide bonds. The minimum atomic E-state index is -0.114. The van der Waals surface area contributed by atoms with Crippen molar-refractivity contribution in [3.63, 3.8) is 0 Å². The summed E-state index contributed by atoms with van der Waals surface area (Å²) in [6.07, 6.45) is 2.28. The molecule has 4 heterocycles. The molecular formula is C22H20N4O3. The second kappa shape index (κ2) is 7.18. The third-order valence-corrected chi connectivity index (χ3v) is 5.32. The van der Waals surface area contributed by atoms with Crippen molar-refractivity contribution in [1.82, 2.24) is 20.0 Å². The minimum absolute atomic E-state index is 0.114. The summed E-state index contributed by atoms with van der Waals surface area (Å²) >= 11 is 0. The Hall–Kier alpha value is -3.45. The number of aromatic amines is 1. The van der Waals surface area contributed by atoms with Gasteiger partial charge in [0.1, 0.15) is 11.5 Å². The lowest BCUT2D eigenvalue weighted by atomic mass is 10.0. The highest BCUT2D eigenvalue weighted by Crippen LogP contribution is 2.28. The van der Waals surface area contributed by atoms with E-state index in [2.05, 4.69) is 20.0 Å². The lowest BCUT2D eigenvalue weighted by Crippen LogP contribution is -2.35. The highest BCUT2D eigenvalue weighted by atomic mass is 16.5. The molecule has 0 saturated carbocycles. The van der Waals surface area contributed by atoms with E-state index < -0.39 is 0 Å². The second-order valence-corrected chi connectivity index (χ2v) is 7.21. The number of nitrogens with zero attached hydrogens (tertiary/aromatic N) is 3. The number of fused-ring (bicyclic) bond motifs is 1. The number of furan rings is 1. The van der Waals surface area contributed by atoms with Crippen LogP contribution >= 0.6 is 0 Å². The predicted octanol–water partition coefficient (Wildman–Crippen LogP) is 3.55. The number of H-pyrrole nitrogens is 1. The van der Waals surface area contributed by atoms with Crippen molar-refractivity contribution < 1.29 is 8.94 Å². The van der Waals surface area contributed by atoms with E-state index in [1.54, 1.807) is 18.4 Å². The summed E-state index contributed by atoms with van der Waals surface area (Å²) in [6, 6.07) is 13.6. The first kappa shape index (κ1) is 17.6. The molecular weight excluding hydrogens is 368 g/mol. The molecule has 0 radical (unpaired) electrons. The number of hydrogen-bond acceptors (Lipinski definition) is 6. The van der Waals surface area contributed by atoms with Gasteiger partial charge < -0.3 is 13.9 Å². The van der Waals surface area contributed by atoms with Crippen LogP contribution in [0.4, 0.5) is 0 Å². The maximum absolute atomic E-state index is 12.7. The minimum Gasteiger partial charge on any atom is -0.461 e. The molecule has 3 aromatic heterocycles. The fourth-order valence-electron chi connectivity index (χ4n) is 3.77.